The standard InChI is InChI=1S/C16H19N3O2S2.C2HF3O2/c1-11-17-12(10-23-11)7-18-4-5-21-14-9-19(8-13(14)18)16(20)15-3-2-6-22-15;3-2(4,5)1(6)7/h2-3,6,10,13-14H,4-5,7-9H2,1H3;(H,6,7)/t13-,14+;/m1./s1. The van der Waals surface area contributed by atoms with Crippen LogP contribution in [0.3, 0.4) is 0 Å². The molecule has 0 radical (unpaired) electrons. The summed E-state index contributed by atoms with van der Waals surface area (Å²) in [4.78, 5) is 31.2. The molecule has 12 heteroatoms. The predicted molar refractivity (Wildman–Crippen MR) is 105 cm³/mol. The summed E-state index contributed by atoms with van der Waals surface area (Å²) < 4.78 is 37.7. The van der Waals surface area contributed by atoms with E-state index in [1.165, 1.54) is 11.3 Å². The fourth-order valence-corrected chi connectivity index (χ4v) is 4.66. The zero-order chi connectivity index (χ0) is 21.9. The number of hydrogen-bond donors (Lipinski definition) is 1. The molecule has 1 amide bonds. The number of thiazole rings is 1. The van der Waals surface area contributed by atoms with Gasteiger partial charge in [0.1, 0.15) is 0 Å². The molecular formula is C18H20F3N3O4S2. The fourth-order valence-electron chi connectivity index (χ4n) is 3.37. The highest BCUT2D eigenvalue weighted by molar-refractivity contribution is 7.12. The average Bonchev–Trinajstić information content (AvgIpc) is 3.42. The Hall–Kier alpha value is -2.02. The largest absolute Gasteiger partial charge is 0.490 e. The molecule has 2 saturated heterocycles. The first-order chi connectivity index (χ1) is 14.1. The number of carboxylic acid groups (broad SMARTS) is 1. The van der Waals surface area contributed by atoms with Crippen molar-refractivity contribution in [2.24, 2.45) is 0 Å². The molecule has 0 bridgehead atoms. The molecule has 0 spiro atoms. The van der Waals surface area contributed by atoms with Crippen molar-refractivity contribution in [1.29, 1.82) is 0 Å². The van der Waals surface area contributed by atoms with E-state index in [1.54, 1.807) is 11.3 Å². The lowest BCUT2D eigenvalue weighted by Gasteiger charge is -2.36. The van der Waals surface area contributed by atoms with Crippen molar-refractivity contribution in [1.82, 2.24) is 14.8 Å². The Morgan fingerprint density at radius 3 is 2.63 bits per heavy atom. The molecule has 4 heterocycles. The molecule has 1 N–H and O–H groups in total. The number of hydrogen-bond acceptors (Lipinski definition) is 7. The van der Waals surface area contributed by atoms with Gasteiger partial charge >= 0.3 is 12.1 Å². The van der Waals surface area contributed by atoms with Crippen molar-refractivity contribution < 1.29 is 32.6 Å². The number of halogens is 3. The van der Waals surface area contributed by atoms with Crippen LogP contribution in [0.25, 0.3) is 0 Å². The second kappa shape index (κ2) is 9.41. The minimum Gasteiger partial charge on any atom is -0.475 e. The molecule has 2 atom stereocenters. The first-order valence-electron chi connectivity index (χ1n) is 9.04. The normalized spacial score (nSPS) is 21.7. The van der Waals surface area contributed by atoms with Gasteiger partial charge in [0.2, 0.25) is 0 Å². The Balaban J connectivity index is 0.000000318. The maximum atomic E-state index is 12.6. The van der Waals surface area contributed by atoms with Gasteiger partial charge in [0, 0.05) is 31.6 Å². The maximum absolute atomic E-state index is 12.6. The number of rotatable bonds is 3. The number of morpholine rings is 1. The van der Waals surface area contributed by atoms with Crippen molar-refractivity contribution in [2.45, 2.75) is 31.8 Å². The fraction of sp³-hybridized carbons (Fsp3) is 0.500. The average molecular weight is 464 g/mol. The van der Waals surface area contributed by atoms with Crippen LogP contribution in [-0.2, 0) is 16.1 Å². The number of aliphatic carboxylic acids is 1. The number of carbonyl (C=O) groups is 2. The van der Waals surface area contributed by atoms with Crippen LogP contribution in [0.4, 0.5) is 13.2 Å². The quantitative estimate of drug-likeness (QED) is 0.754. The van der Waals surface area contributed by atoms with Gasteiger partial charge < -0.3 is 14.7 Å². The summed E-state index contributed by atoms with van der Waals surface area (Å²) in [6, 6.07) is 4.09. The minimum atomic E-state index is -5.08. The lowest BCUT2D eigenvalue weighted by Crippen LogP contribution is -2.50. The summed E-state index contributed by atoms with van der Waals surface area (Å²) in [6.07, 6.45) is -4.97. The minimum absolute atomic E-state index is 0.118. The van der Waals surface area contributed by atoms with E-state index in [2.05, 4.69) is 15.3 Å². The van der Waals surface area contributed by atoms with Gasteiger partial charge in [-0.3, -0.25) is 9.69 Å². The highest BCUT2D eigenvalue weighted by Gasteiger charge is 2.42. The number of thiophene rings is 1. The summed E-state index contributed by atoms with van der Waals surface area (Å²) in [6.45, 7) is 5.94. The number of aryl methyl sites for hydroxylation is 1. The second-order valence-electron chi connectivity index (χ2n) is 6.80. The van der Waals surface area contributed by atoms with Gasteiger partial charge in [0.15, 0.2) is 0 Å². The Morgan fingerprint density at radius 1 is 1.33 bits per heavy atom. The molecule has 2 fully saturated rings. The summed E-state index contributed by atoms with van der Waals surface area (Å²) >= 11 is 3.19. The molecule has 4 rings (SSSR count). The van der Waals surface area contributed by atoms with Crippen molar-refractivity contribution >= 4 is 34.6 Å². The second-order valence-corrected chi connectivity index (χ2v) is 8.81. The first-order valence-corrected chi connectivity index (χ1v) is 10.8. The topological polar surface area (TPSA) is 83.0 Å². The third kappa shape index (κ3) is 5.56. The summed E-state index contributed by atoms with van der Waals surface area (Å²) in [5.41, 5.74) is 1.12. The molecule has 2 aliphatic heterocycles. The monoisotopic (exact) mass is 463 g/mol. The van der Waals surface area contributed by atoms with Crippen LogP contribution >= 0.6 is 22.7 Å². The van der Waals surface area contributed by atoms with E-state index >= 15 is 0 Å². The Kier molecular flexibility index (Phi) is 7.11. The molecule has 0 aromatic carbocycles. The molecule has 2 aromatic rings. The molecular weight excluding hydrogens is 443 g/mol. The van der Waals surface area contributed by atoms with Gasteiger partial charge in [-0.25, -0.2) is 9.78 Å². The zero-order valence-corrected chi connectivity index (χ0v) is 17.6. The SMILES string of the molecule is Cc1nc(CN2CCO[C@H]3CN(C(=O)c4cccs4)C[C@H]32)cs1.O=C(O)C(F)(F)F. The van der Waals surface area contributed by atoms with Crippen LogP contribution in [0, 0.1) is 6.92 Å². The van der Waals surface area contributed by atoms with Crippen LogP contribution in [-0.4, -0.2) is 76.3 Å². The number of carboxylic acids is 1. The number of aromatic nitrogens is 1. The smallest absolute Gasteiger partial charge is 0.475 e. The van der Waals surface area contributed by atoms with Crippen molar-refractivity contribution in [3.63, 3.8) is 0 Å². The number of fused-ring (bicyclic) bond motifs is 1. The van der Waals surface area contributed by atoms with Crippen LogP contribution in [0.5, 0.6) is 0 Å². The van der Waals surface area contributed by atoms with E-state index in [0.717, 1.165) is 41.8 Å². The van der Waals surface area contributed by atoms with E-state index in [4.69, 9.17) is 14.6 Å². The summed E-state index contributed by atoms with van der Waals surface area (Å²) in [7, 11) is 0. The number of nitrogens with zero attached hydrogens (tertiary/aromatic N) is 3. The van der Waals surface area contributed by atoms with Gasteiger partial charge in [-0.1, -0.05) is 6.07 Å². The lowest BCUT2D eigenvalue weighted by molar-refractivity contribution is -0.192. The number of carbonyl (C=O) groups excluding carboxylic acids is 1. The van der Waals surface area contributed by atoms with Crippen molar-refractivity contribution in [3.8, 4) is 0 Å². The number of amides is 1. The van der Waals surface area contributed by atoms with E-state index in [-0.39, 0.29) is 18.1 Å². The number of alkyl halides is 3. The van der Waals surface area contributed by atoms with Crippen LogP contribution in [0.2, 0.25) is 0 Å². The maximum Gasteiger partial charge on any atom is 0.490 e. The molecule has 164 valence electrons. The van der Waals surface area contributed by atoms with E-state index < -0.39 is 12.1 Å². The molecule has 0 saturated carbocycles. The number of likely N-dealkylation sites (tertiary alicyclic amines) is 1. The highest BCUT2D eigenvalue weighted by atomic mass is 32.1. The molecule has 2 aromatic heterocycles. The molecule has 7 nitrogen and oxygen atoms in total. The highest BCUT2D eigenvalue weighted by Crippen LogP contribution is 2.26. The van der Waals surface area contributed by atoms with Crippen molar-refractivity contribution in [2.75, 3.05) is 26.2 Å². The zero-order valence-electron chi connectivity index (χ0n) is 16.0. The van der Waals surface area contributed by atoms with Gasteiger partial charge in [-0.2, -0.15) is 13.2 Å². The summed E-state index contributed by atoms with van der Waals surface area (Å²) in [5.74, 6) is -2.63. The van der Waals surface area contributed by atoms with Gasteiger partial charge in [-0.05, 0) is 18.4 Å². The van der Waals surface area contributed by atoms with E-state index in [9.17, 15) is 18.0 Å². The van der Waals surface area contributed by atoms with Crippen molar-refractivity contribution in [3.05, 3.63) is 38.5 Å². The third-order valence-electron chi connectivity index (χ3n) is 4.71. The third-order valence-corrected chi connectivity index (χ3v) is 6.39. The van der Waals surface area contributed by atoms with Gasteiger partial charge in [-0.15, -0.1) is 22.7 Å². The van der Waals surface area contributed by atoms with Crippen LogP contribution < -0.4 is 0 Å². The Labute approximate surface area is 178 Å². The van der Waals surface area contributed by atoms with E-state index in [0.29, 0.717) is 6.54 Å². The van der Waals surface area contributed by atoms with Gasteiger partial charge in [0.05, 0.1) is 34.3 Å². The number of ether oxygens (including phenoxy) is 1. The Bertz CT molecular complexity index is 872. The molecule has 0 unspecified atom stereocenters. The lowest BCUT2D eigenvalue weighted by atomic mass is 10.1. The van der Waals surface area contributed by atoms with Gasteiger partial charge in [0.25, 0.3) is 5.91 Å². The summed E-state index contributed by atoms with van der Waals surface area (Å²) in [5, 5.41) is 12.3. The van der Waals surface area contributed by atoms with E-state index in [1.807, 2.05) is 29.3 Å². The molecule has 30 heavy (non-hydrogen) atoms. The van der Waals surface area contributed by atoms with Crippen LogP contribution in [0.1, 0.15) is 20.4 Å². The Morgan fingerprint density at radius 2 is 2.07 bits per heavy atom. The predicted octanol–water partition coefficient (Wildman–Crippen LogP) is 2.87. The first kappa shape index (κ1) is 22.7. The van der Waals surface area contributed by atoms with Crippen LogP contribution in [0.15, 0.2) is 22.9 Å². The molecule has 0 aliphatic carbocycles. The molecule has 2 aliphatic rings.